The number of carbonyl (C=O) groups excluding carboxylic acids is 1. The minimum absolute atomic E-state index is 0. The predicted molar refractivity (Wildman–Crippen MR) is 81.6 cm³/mol. The molecule has 0 aliphatic rings. The molecule has 3 nitrogen and oxygen atoms in total. The van der Waals surface area contributed by atoms with Gasteiger partial charge < -0.3 is 22.8 Å². The summed E-state index contributed by atoms with van der Waals surface area (Å²) in [6, 6.07) is 13.2. The number of hydrogen-bond donors (Lipinski definition) is 0. The van der Waals surface area contributed by atoms with Gasteiger partial charge in [-0.1, -0.05) is 35.9 Å². The van der Waals surface area contributed by atoms with E-state index in [1.165, 1.54) is 5.56 Å². The molecule has 2 aromatic carbocycles. The molecule has 0 saturated carbocycles. The van der Waals surface area contributed by atoms with Crippen LogP contribution in [0.25, 0.3) is 0 Å². The van der Waals surface area contributed by atoms with Gasteiger partial charge >= 0.3 is 18.9 Å². The number of methoxy groups -OCH3 is 2. The van der Waals surface area contributed by atoms with Crippen molar-refractivity contribution in [2.24, 2.45) is 0 Å². The molecule has 5 heteroatoms. The Hall–Kier alpha value is -1.26. The Morgan fingerprint density at radius 2 is 1.48 bits per heavy atom. The zero-order valence-electron chi connectivity index (χ0n) is 12.7. The van der Waals surface area contributed by atoms with Gasteiger partial charge in [-0.05, 0) is 19.1 Å². The molecule has 0 atom stereocenters. The van der Waals surface area contributed by atoms with Gasteiger partial charge in [0.25, 0.3) is 0 Å². The molecule has 0 amide bonds. The van der Waals surface area contributed by atoms with Gasteiger partial charge in [0.1, 0.15) is 11.5 Å². The zero-order valence-corrected chi connectivity index (χ0v) is 13.6. The molecular weight excluding hydrogens is 278 g/mol. The fraction of sp³-hybridized carbons (Fsp3) is 0.188. The molecule has 0 spiro atoms. The standard InChI is InChI=1S/C16H16O3P.Li/c1-11-7-9-12(10-8-11)20-16(17)15-13(18-2)5-4-6-14(15)19-3;/h4-10H,1-3H3;/q-1;+1. The van der Waals surface area contributed by atoms with E-state index in [-0.39, 0.29) is 24.4 Å². The van der Waals surface area contributed by atoms with E-state index in [4.69, 9.17) is 9.47 Å². The van der Waals surface area contributed by atoms with E-state index in [1.54, 1.807) is 32.4 Å². The molecule has 0 fully saturated rings. The van der Waals surface area contributed by atoms with Crippen molar-refractivity contribution in [2.75, 3.05) is 14.2 Å². The van der Waals surface area contributed by atoms with E-state index in [1.807, 2.05) is 31.2 Å². The fourth-order valence-corrected chi connectivity index (χ4v) is 2.72. The van der Waals surface area contributed by atoms with E-state index < -0.39 is 0 Å². The van der Waals surface area contributed by atoms with Crippen LogP contribution in [0.3, 0.4) is 0 Å². The number of carbonyl (C=O) groups is 1. The third-order valence-corrected chi connectivity index (χ3v) is 3.89. The van der Waals surface area contributed by atoms with Crippen molar-refractivity contribution in [1.29, 1.82) is 0 Å². The Labute approximate surface area is 139 Å². The Balaban J connectivity index is 0.00000220. The Morgan fingerprint density at radius 1 is 0.952 bits per heavy atom. The van der Waals surface area contributed by atoms with E-state index in [2.05, 4.69) is 0 Å². The Bertz CT molecular complexity index is 589. The monoisotopic (exact) mass is 294 g/mol. The molecule has 0 radical (unpaired) electrons. The van der Waals surface area contributed by atoms with Crippen molar-refractivity contribution in [2.45, 2.75) is 6.92 Å². The van der Waals surface area contributed by atoms with Crippen molar-refractivity contribution < 1.29 is 33.1 Å². The number of hydrogen-bond acceptors (Lipinski definition) is 3. The summed E-state index contributed by atoms with van der Waals surface area (Å²) < 4.78 is 10.5. The van der Waals surface area contributed by atoms with E-state index in [0.717, 1.165) is 5.30 Å². The summed E-state index contributed by atoms with van der Waals surface area (Å²) in [6.07, 6.45) is 0. The first-order valence-electron chi connectivity index (χ1n) is 6.19. The van der Waals surface area contributed by atoms with Crippen LogP contribution < -0.4 is 33.6 Å². The van der Waals surface area contributed by atoms with Crippen LogP contribution in [-0.2, 0) is 0 Å². The number of aryl methyl sites for hydroxylation is 1. The maximum Gasteiger partial charge on any atom is 1.00 e. The maximum absolute atomic E-state index is 12.5. The smallest absolute Gasteiger partial charge is 0.496 e. The second-order valence-electron chi connectivity index (χ2n) is 4.29. The van der Waals surface area contributed by atoms with Gasteiger partial charge in [-0.3, -0.25) is 0 Å². The molecule has 0 saturated heterocycles. The number of ether oxygens (including phenoxy) is 2. The van der Waals surface area contributed by atoms with Crippen molar-refractivity contribution in [3.05, 3.63) is 53.6 Å². The van der Waals surface area contributed by atoms with Gasteiger partial charge in [0, 0.05) is 5.52 Å². The van der Waals surface area contributed by atoms with E-state index in [9.17, 15) is 4.79 Å². The maximum atomic E-state index is 12.5. The Kier molecular flexibility index (Phi) is 6.98. The van der Waals surface area contributed by atoms with Crippen LogP contribution in [0.15, 0.2) is 42.5 Å². The van der Waals surface area contributed by atoms with Crippen LogP contribution in [0.1, 0.15) is 15.9 Å². The van der Waals surface area contributed by atoms with Gasteiger partial charge in [-0.25, -0.2) is 0 Å². The van der Waals surface area contributed by atoms with Crippen LogP contribution in [0.4, 0.5) is 0 Å². The van der Waals surface area contributed by atoms with Crippen LogP contribution in [0.2, 0.25) is 0 Å². The third kappa shape index (κ3) is 4.35. The molecule has 0 N–H and O–H groups in total. The minimum Gasteiger partial charge on any atom is -0.496 e. The van der Waals surface area contributed by atoms with Crippen LogP contribution in [-0.4, -0.2) is 19.7 Å². The van der Waals surface area contributed by atoms with Gasteiger partial charge in [-0.15, -0.1) is 0 Å². The first-order valence-corrected chi connectivity index (χ1v) is 7.09. The van der Waals surface area contributed by atoms with E-state index in [0.29, 0.717) is 25.6 Å². The molecule has 0 aliphatic heterocycles. The molecule has 0 aliphatic carbocycles. The van der Waals surface area contributed by atoms with Crippen molar-refractivity contribution in [3.8, 4) is 11.5 Å². The van der Waals surface area contributed by atoms with Gasteiger partial charge in [-0.2, -0.15) is 5.30 Å². The first-order chi connectivity index (χ1) is 9.65. The molecule has 21 heavy (non-hydrogen) atoms. The quantitative estimate of drug-likeness (QED) is 0.592. The average molecular weight is 294 g/mol. The van der Waals surface area contributed by atoms with Crippen molar-refractivity contribution in [1.82, 2.24) is 0 Å². The summed E-state index contributed by atoms with van der Waals surface area (Å²) in [7, 11) is 3.71. The van der Waals surface area contributed by atoms with Crippen LogP contribution >= 0.6 is 8.58 Å². The van der Waals surface area contributed by atoms with Crippen molar-refractivity contribution >= 4 is 19.4 Å². The van der Waals surface area contributed by atoms with Crippen molar-refractivity contribution in [3.63, 3.8) is 0 Å². The molecule has 2 aromatic rings. The normalized spacial score (nSPS) is 10.2. The van der Waals surface area contributed by atoms with Gasteiger partial charge in [0.2, 0.25) is 0 Å². The summed E-state index contributed by atoms with van der Waals surface area (Å²) in [4.78, 5) is 12.5. The second-order valence-corrected chi connectivity index (χ2v) is 5.44. The fourth-order valence-electron chi connectivity index (χ4n) is 1.85. The van der Waals surface area contributed by atoms with Gasteiger partial charge in [0.15, 0.2) is 0 Å². The molecule has 0 unspecified atom stereocenters. The molecular formula is C16H16LiO3P. The summed E-state index contributed by atoms with van der Waals surface area (Å²) in [5.74, 6) is 1.07. The predicted octanol–water partition coefficient (Wildman–Crippen LogP) is 0.428. The zero-order chi connectivity index (χ0) is 14.5. The van der Waals surface area contributed by atoms with Gasteiger partial charge in [0.05, 0.1) is 19.8 Å². The SMILES string of the molecule is COc1cccc(OC)c1C(=O)[P-]c1ccc(C)cc1.[Li+]. The minimum atomic E-state index is -0.0387. The van der Waals surface area contributed by atoms with Crippen LogP contribution in [0.5, 0.6) is 11.5 Å². The summed E-state index contributed by atoms with van der Waals surface area (Å²) in [5.41, 5.74) is 1.62. The average Bonchev–Trinajstić information content (AvgIpc) is 2.48. The second kappa shape index (κ2) is 8.25. The molecule has 0 aromatic heterocycles. The number of benzene rings is 2. The summed E-state index contributed by atoms with van der Waals surface area (Å²) in [5, 5.41) is 0.952. The Morgan fingerprint density at radius 3 is 1.95 bits per heavy atom. The first kappa shape index (κ1) is 17.8. The van der Waals surface area contributed by atoms with E-state index >= 15 is 0 Å². The number of rotatable bonds is 5. The summed E-state index contributed by atoms with van der Waals surface area (Å²) in [6.45, 7) is 2.02. The summed E-state index contributed by atoms with van der Waals surface area (Å²) >= 11 is 0. The third-order valence-electron chi connectivity index (χ3n) is 2.91. The van der Waals surface area contributed by atoms with Crippen LogP contribution in [0, 0.1) is 6.92 Å². The largest absolute Gasteiger partial charge is 1.00 e. The molecule has 0 heterocycles. The molecule has 2 rings (SSSR count). The topological polar surface area (TPSA) is 35.5 Å². The molecule has 104 valence electrons. The molecule has 0 bridgehead atoms.